The highest BCUT2D eigenvalue weighted by Crippen LogP contribution is 2.08. The second kappa shape index (κ2) is 6.06. The number of rotatable bonds is 3. The Morgan fingerprint density at radius 3 is 2.53 bits per heavy atom. The van der Waals surface area contributed by atoms with Crippen LogP contribution >= 0.6 is 0 Å². The van der Waals surface area contributed by atoms with Crippen LogP contribution < -0.4 is 5.32 Å². The number of nitrogens with one attached hydrogen (secondary N) is 1. The van der Waals surface area contributed by atoms with Gasteiger partial charge in [-0.1, -0.05) is 6.08 Å². The van der Waals surface area contributed by atoms with Crippen molar-refractivity contribution in [3.05, 3.63) is 12.2 Å². The van der Waals surface area contributed by atoms with E-state index in [4.69, 9.17) is 5.11 Å². The molecule has 1 fully saturated rings. The highest BCUT2D eigenvalue weighted by molar-refractivity contribution is 5.87. The topological polar surface area (TPSA) is 69.6 Å². The molecule has 1 aliphatic heterocycles. The highest BCUT2D eigenvalue weighted by atomic mass is 16.4. The zero-order valence-corrected chi connectivity index (χ0v) is 8.61. The first-order chi connectivity index (χ1) is 7.20. The summed E-state index contributed by atoms with van der Waals surface area (Å²) < 4.78 is 0. The fourth-order valence-corrected chi connectivity index (χ4v) is 1.53. The maximum absolute atomic E-state index is 11.5. The van der Waals surface area contributed by atoms with Gasteiger partial charge in [-0.25, -0.2) is 4.79 Å². The van der Waals surface area contributed by atoms with Crippen molar-refractivity contribution in [1.29, 1.82) is 0 Å². The number of hydrogen-bond acceptors (Lipinski definition) is 2. The first kappa shape index (κ1) is 11.6. The van der Waals surface area contributed by atoms with E-state index in [-0.39, 0.29) is 12.5 Å². The summed E-state index contributed by atoms with van der Waals surface area (Å²) in [6.07, 6.45) is 5.20. The molecular formula is C10H16N2O3. The number of hydrogen-bond donors (Lipinski definition) is 2. The van der Waals surface area contributed by atoms with Gasteiger partial charge in [0.2, 0.25) is 5.91 Å². The minimum Gasteiger partial charge on any atom is -0.465 e. The van der Waals surface area contributed by atoms with E-state index < -0.39 is 6.09 Å². The van der Waals surface area contributed by atoms with E-state index in [1.54, 1.807) is 4.90 Å². The molecule has 84 valence electrons. The summed E-state index contributed by atoms with van der Waals surface area (Å²) in [6, 6.07) is 0. The SMILES string of the molecule is O=C(O)NC/C=C/C(=O)N1CCCCC1. The lowest BCUT2D eigenvalue weighted by atomic mass is 10.1. The van der Waals surface area contributed by atoms with Crippen molar-refractivity contribution in [3.8, 4) is 0 Å². The summed E-state index contributed by atoms with van der Waals surface area (Å²) in [6.45, 7) is 1.81. The van der Waals surface area contributed by atoms with Crippen molar-refractivity contribution in [2.24, 2.45) is 0 Å². The van der Waals surface area contributed by atoms with Gasteiger partial charge in [0.25, 0.3) is 0 Å². The first-order valence-corrected chi connectivity index (χ1v) is 5.12. The monoisotopic (exact) mass is 212 g/mol. The Balaban J connectivity index is 2.24. The summed E-state index contributed by atoms with van der Waals surface area (Å²) in [5.74, 6) is -0.0260. The molecule has 1 heterocycles. The third-order valence-electron chi connectivity index (χ3n) is 2.30. The van der Waals surface area contributed by atoms with E-state index in [0.29, 0.717) is 0 Å². The Kier molecular flexibility index (Phi) is 4.66. The van der Waals surface area contributed by atoms with Crippen molar-refractivity contribution >= 4 is 12.0 Å². The largest absolute Gasteiger partial charge is 0.465 e. The van der Waals surface area contributed by atoms with Crippen LogP contribution in [-0.4, -0.2) is 41.6 Å². The van der Waals surface area contributed by atoms with Crippen LogP contribution in [-0.2, 0) is 4.79 Å². The summed E-state index contributed by atoms with van der Waals surface area (Å²) in [5, 5.41) is 10.4. The van der Waals surface area contributed by atoms with Gasteiger partial charge < -0.3 is 15.3 Å². The Hall–Kier alpha value is -1.52. The molecular weight excluding hydrogens is 196 g/mol. The number of piperidine rings is 1. The highest BCUT2D eigenvalue weighted by Gasteiger charge is 2.13. The molecule has 15 heavy (non-hydrogen) atoms. The fourth-order valence-electron chi connectivity index (χ4n) is 1.53. The third kappa shape index (κ3) is 4.49. The van der Waals surface area contributed by atoms with E-state index in [9.17, 15) is 9.59 Å². The van der Waals surface area contributed by atoms with Crippen LogP contribution in [0.15, 0.2) is 12.2 Å². The Bertz CT molecular complexity index is 257. The molecule has 0 bridgehead atoms. The van der Waals surface area contributed by atoms with Crippen molar-refractivity contribution in [2.75, 3.05) is 19.6 Å². The molecule has 0 aromatic carbocycles. The molecule has 0 spiro atoms. The summed E-state index contributed by atoms with van der Waals surface area (Å²) >= 11 is 0. The number of carbonyl (C=O) groups excluding carboxylic acids is 1. The lowest BCUT2D eigenvalue weighted by Crippen LogP contribution is -2.34. The maximum atomic E-state index is 11.5. The lowest BCUT2D eigenvalue weighted by Gasteiger charge is -2.25. The molecule has 0 radical (unpaired) electrons. The van der Waals surface area contributed by atoms with Crippen molar-refractivity contribution < 1.29 is 14.7 Å². The fraction of sp³-hybridized carbons (Fsp3) is 0.600. The van der Waals surface area contributed by atoms with E-state index in [0.717, 1.165) is 25.9 Å². The van der Waals surface area contributed by atoms with Gasteiger partial charge in [-0.2, -0.15) is 0 Å². The van der Waals surface area contributed by atoms with Gasteiger partial charge in [-0.3, -0.25) is 4.79 Å². The van der Waals surface area contributed by atoms with E-state index in [2.05, 4.69) is 5.32 Å². The van der Waals surface area contributed by atoms with Crippen molar-refractivity contribution in [3.63, 3.8) is 0 Å². The molecule has 2 N–H and O–H groups in total. The average Bonchev–Trinajstić information content (AvgIpc) is 2.25. The molecule has 1 rings (SSSR count). The quantitative estimate of drug-likeness (QED) is 0.680. The second-order valence-corrected chi connectivity index (χ2v) is 3.47. The summed E-state index contributed by atoms with van der Waals surface area (Å²) in [5.41, 5.74) is 0. The second-order valence-electron chi connectivity index (χ2n) is 3.47. The average molecular weight is 212 g/mol. The molecule has 2 amide bonds. The number of carbonyl (C=O) groups is 2. The number of carboxylic acid groups (broad SMARTS) is 1. The van der Waals surface area contributed by atoms with Gasteiger partial charge in [0, 0.05) is 25.7 Å². The van der Waals surface area contributed by atoms with Crippen LogP contribution in [0.2, 0.25) is 0 Å². The van der Waals surface area contributed by atoms with Gasteiger partial charge in [0.1, 0.15) is 0 Å². The molecule has 5 nitrogen and oxygen atoms in total. The molecule has 0 aromatic rings. The zero-order valence-electron chi connectivity index (χ0n) is 8.61. The van der Waals surface area contributed by atoms with Crippen molar-refractivity contribution in [2.45, 2.75) is 19.3 Å². The Morgan fingerprint density at radius 1 is 1.27 bits per heavy atom. The molecule has 5 heteroatoms. The predicted octanol–water partition coefficient (Wildman–Crippen LogP) is 0.823. The normalized spacial score (nSPS) is 16.7. The molecule has 1 saturated heterocycles. The van der Waals surface area contributed by atoms with Gasteiger partial charge in [-0.15, -0.1) is 0 Å². The summed E-state index contributed by atoms with van der Waals surface area (Å²) in [4.78, 5) is 23.4. The van der Waals surface area contributed by atoms with Crippen LogP contribution in [0.1, 0.15) is 19.3 Å². The van der Waals surface area contributed by atoms with Gasteiger partial charge >= 0.3 is 6.09 Å². The number of nitrogens with zero attached hydrogens (tertiary/aromatic N) is 1. The maximum Gasteiger partial charge on any atom is 0.404 e. The van der Waals surface area contributed by atoms with Crippen LogP contribution in [0.4, 0.5) is 4.79 Å². The van der Waals surface area contributed by atoms with Crippen LogP contribution in [0.3, 0.4) is 0 Å². The Morgan fingerprint density at radius 2 is 1.93 bits per heavy atom. The van der Waals surface area contributed by atoms with E-state index in [1.165, 1.54) is 18.6 Å². The van der Waals surface area contributed by atoms with Crippen LogP contribution in [0.25, 0.3) is 0 Å². The van der Waals surface area contributed by atoms with Crippen LogP contribution in [0.5, 0.6) is 0 Å². The molecule has 1 aliphatic rings. The number of likely N-dealkylation sites (tertiary alicyclic amines) is 1. The molecule has 0 saturated carbocycles. The van der Waals surface area contributed by atoms with Crippen LogP contribution in [0, 0.1) is 0 Å². The minimum atomic E-state index is -1.08. The summed E-state index contributed by atoms with van der Waals surface area (Å²) in [7, 11) is 0. The minimum absolute atomic E-state index is 0.0260. The third-order valence-corrected chi connectivity index (χ3v) is 2.30. The van der Waals surface area contributed by atoms with Gasteiger partial charge in [-0.05, 0) is 19.3 Å². The lowest BCUT2D eigenvalue weighted by molar-refractivity contribution is -0.126. The Labute approximate surface area is 88.8 Å². The zero-order chi connectivity index (χ0) is 11.1. The van der Waals surface area contributed by atoms with Crippen molar-refractivity contribution in [1.82, 2.24) is 10.2 Å². The van der Waals surface area contributed by atoms with E-state index in [1.807, 2.05) is 0 Å². The molecule has 0 atom stereocenters. The molecule has 0 aromatic heterocycles. The van der Waals surface area contributed by atoms with Gasteiger partial charge in [0.15, 0.2) is 0 Å². The molecule has 0 aliphatic carbocycles. The van der Waals surface area contributed by atoms with E-state index >= 15 is 0 Å². The molecule has 0 unspecified atom stereocenters. The standard InChI is InChI=1S/C10H16N2O3/c13-9(5-4-6-11-10(14)15)12-7-2-1-3-8-12/h4-5,11H,1-3,6-8H2,(H,14,15)/b5-4+. The predicted molar refractivity (Wildman–Crippen MR) is 55.6 cm³/mol. The van der Waals surface area contributed by atoms with Gasteiger partial charge in [0.05, 0.1) is 0 Å². The number of amides is 2. The smallest absolute Gasteiger partial charge is 0.404 e. The first-order valence-electron chi connectivity index (χ1n) is 5.12.